The van der Waals surface area contributed by atoms with Crippen molar-refractivity contribution < 1.29 is 19.0 Å². The van der Waals surface area contributed by atoms with Gasteiger partial charge < -0.3 is 24.6 Å². The van der Waals surface area contributed by atoms with Crippen LogP contribution in [0.1, 0.15) is 31.7 Å². The molecule has 1 saturated carbocycles. The molecule has 0 amide bonds. The average molecular weight is 388 g/mol. The van der Waals surface area contributed by atoms with Gasteiger partial charge in [0, 0.05) is 25.2 Å². The lowest BCUT2D eigenvalue weighted by Gasteiger charge is -2.24. The van der Waals surface area contributed by atoms with Gasteiger partial charge in [-0.3, -0.25) is 4.79 Å². The third-order valence-corrected chi connectivity index (χ3v) is 5.94. The van der Waals surface area contributed by atoms with Crippen LogP contribution in [0, 0.1) is 11.7 Å². The van der Waals surface area contributed by atoms with E-state index in [9.17, 15) is 14.0 Å². The van der Waals surface area contributed by atoms with E-state index in [1.165, 1.54) is 12.3 Å². The minimum Gasteiger partial charge on any atom is -0.449 e. The predicted molar refractivity (Wildman–Crippen MR) is 99.6 cm³/mol. The zero-order valence-corrected chi connectivity index (χ0v) is 15.2. The molecule has 2 aromatic heterocycles. The zero-order valence-electron chi connectivity index (χ0n) is 15.2. The van der Waals surface area contributed by atoms with Crippen LogP contribution in [0.5, 0.6) is 5.75 Å². The van der Waals surface area contributed by atoms with Crippen LogP contribution >= 0.6 is 0 Å². The Labute approximate surface area is 159 Å². The molecule has 0 spiro atoms. The first-order valence-corrected chi connectivity index (χ1v) is 9.66. The molecule has 2 saturated heterocycles. The quantitative estimate of drug-likeness (QED) is 0.778. The number of nitrogens with zero attached hydrogens (tertiary/aromatic N) is 3. The number of piperidine rings is 1. The van der Waals surface area contributed by atoms with E-state index in [1.54, 1.807) is 4.57 Å². The fourth-order valence-corrected chi connectivity index (χ4v) is 4.45. The number of rotatable bonds is 3. The minimum absolute atomic E-state index is 0.0432. The highest BCUT2D eigenvalue weighted by atomic mass is 19.1. The molecule has 0 unspecified atom stereocenters. The molecule has 0 radical (unpaired) electrons. The van der Waals surface area contributed by atoms with Gasteiger partial charge in [-0.2, -0.15) is 0 Å². The molecule has 0 bridgehead atoms. The van der Waals surface area contributed by atoms with E-state index in [-0.39, 0.29) is 23.0 Å². The Balaban J connectivity index is 1.61. The Morgan fingerprint density at radius 3 is 2.86 bits per heavy atom. The van der Waals surface area contributed by atoms with Crippen LogP contribution in [0.25, 0.3) is 11.0 Å². The van der Waals surface area contributed by atoms with Crippen LogP contribution in [0.15, 0.2) is 17.1 Å². The summed E-state index contributed by atoms with van der Waals surface area (Å²) in [7, 11) is 0. The molecule has 2 atom stereocenters. The smallest absolute Gasteiger partial charge is 0.449 e. The number of pyridine rings is 2. The van der Waals surface area contributed by atoms with Crippen LogP contribution in [0.2, 0.25) is 0 Å². The number of ether oxygens (including phenoxy) is 1. The molecule has 0 aromatic carbocycles. The van der Waals surface area contributed by atoms with Crippen LogP contribution in [-0.4, -0.2) is 46.5 Å². The summed E-state index contributed by atoms with van der Waals surface area (Å²) in [5.74, 6) is -0.165. The van der Waals surface area contributed by atoms with Crippen molar-refractivity contribution >= 4 is 23.0 Å². The topological polar surface area (TPSA) is 96.7 Å². The largest absolute Gasteiger partial charge is 0.511 e. The fraction of sp³-hybridized carbons (Fsp3) is 0.526. The second-order valence-electron chi connectivity index (χ2n) is 7.86. The molecular formula is C19H21FN4O4. The molecule has 2 N–H and O–H groups in total. The molecule has 148 valence electrons. The molecule has 4 heterocycles. The number of hydrogen-bond donors (Lipinski definition) is 2. The molecule has 1 aliphatic carbocycles. The van der Waals surface area contributed by atoms with Crippen molar-refractivity contribution in [2.75, 3.05) is 24.5 Å². The second kappa shape index (κ2) is 6.44. The Morgan fingerprint density at radius 2 is 2.14 bits per heavy atom. The van der Waals surface area contributed by atoms with Crippen LogP contribution < -0.4 is 20.4 Å². The van der Waals surface area contributed by atoms with Gasteiger partial charge >= 0.3 is 6.16 Å². The Bertz CT molecular complexity index is 1010. The molecule has 3 aliphatic rings. The maximum absolute atomic E-state index is 14.9. The SMILES string of the molecule is O=C(O)Oc1cn(C2CC2)c2nc(N3C[C@@H]4CCCN[C@@H]4C3)c(F)cc2c1=O. The van der Waals surface area contributed by atoms with Gasteiger partial charge in [-0.15, -0.1) is 0 Å². The summed E-state index contributed by atoms with van der Waals surface area (Å²) in [5, 5.41) is 12.4. The first kappa shape index (κ1) is 17.4. The lowest BCUT2D eigenvalue weighted by atomic mass is 9.94. The van der Waals surface area contributed by atoms with Crippen LogP contribution in [0.4, 0.5) is 15.0 Å². The van der Waals surface area contributed by atoms with E-state index in [2.05, 4.69) is 15.0 Å². The normalized spacial score (nSPS) is 24.4. The van der Waals surface area contributed by atoms with Gasteiger partial charge in [0.05, 0.1) is 11.6 Å². The van der Waals surface area contributed by atoms with Crippen molar-refractivity contribution in [3.63, 3.8) is 0 Å². The summed E-state index contributed by atoms with van der Waals surface area (Å²) in [6.07, 6.45) is 3.85. The van der Waals surface area contributed by atoms with Gasteiger partial charge in [0.2, 0.25) is 5.43 Å². The fourth-order valence-electron chi connectivity index (χ4n) is 4.45. The first-order chi connectivity index (χ1) is 13.5. The maximum atomic E-state index is 14.9. The summed E-state index contributed by atoms with van der Waals surface area (Å²) >= 11 is 0. The third kappa shape index (κ3) is 2.90. The van der Waals surface area contributed by atoms with Crippen LogP contribution in [0.3, 0.4) is 0 Å². The Kier molecular flexibility index (Phi) is 4.01. The molecule has 28 heavy (non-hydrogen) atoms. The Morgan fingerprint density at radius 1 is 1.32 bits per heavy atom. The standard InChI is InChI=1S/C19H21FN4O4/c20-13-6-12-16(25)15(28-19(26)27)9-24(11-3-4-11)17(12)22-18(13)23-7-10-2-1-5-21-14(10)8-23/h6,9-11,14,21H,1-5,7-8H2,(H,26,27)/t10-,14+/m0/s1. The van der Waals surface area contributed by atoms with Gasteiger partial charge in [0.25, 0.3) is 0 Å². The number of hydrogen-bond acceptors (Lipinski definition) is 6. The number of fused-ring (bicyclic) bond motifs is 2. The third-order valence-electron chi connectivity index (χ3n) is 5.94. The van der Waals surface area contributed by atoms with Crippen molar-refractivity contribution in [3.05, 3.63) is 28.3 Å². The van der Waals surface area contributed by atoms with Gasteiger partial charge in [-0.05, 0) is 44.2 Å². The first-order valence-electron chi connectivity index (χ1n) is 9.66. The molecule has 2 aromatic rings. The summed E-state index contributed by atoms with van der Waals surface area (Å²) in [6.45, 7) is 2.41. The summed E-state index contributed by atoms with van der Waals surface area (Å²) < 4.78 is 21.3. The van der Waals surface area contributed by atoms with E-state index in [4.69, 9.17) is 5.11 Å². The van der Waals surface area contributed by atoms with Gasteiger partial charge in [0.15, 0.2) is 17.4 Å². The number of carbonyl (C=O) groups is 1. The van der Waals surface area contributed by atoms with Crippen molar-refractivity contribution in [1.29, 1.82) is 0 Å². The average Bonchev–Trinajstić information content (AvgIpc) is 3.41. The van der Waals surface area contributed by atoms with Crippen molar-refractivity contribution in [2.24, 2.45) is 5.92 Å². The van der Waals surface area contributed by atoms with Crippen molar-refractivity contribution in [1.82, 2.24) is 14.9 Å². The molecule has 2 aliphatic heterocycles. The number of carboxylic acid groups (broad SMARTS) is 1. The summed E-state index contributed by atoms with van der Waals surface area (Å²) in [5.41, 5.74) is -0.284. The van der Waals surface area contributed by atoms with E-state index in [1.807, 2.05) is 4.90 Å². The summed E-state index contributed by atoms with van der Waals surface area (Å²) in [4.78, 5) is 30.0. The van der Waals surface area contributed by atoms with Crippen LogP contribution in [-0.2, 0) is 0 Å². The van der Waals surface area contributed by atoms with E-state index < -0.39 is 17.4 Å². The van der Waals surface area contributed by atoms with E-state index >= 15 is 0 Å². The molecule has 8 nitrogen and oxygen atoms in total. The lowest BCUT2D eigenvalue weighted by Crippen LogP contribution is -2.40. The van der Waals surface area contributed by atoms with E-state index in [0.29, 0.717) is 24.2 Å². The zero-order chi connectivity index (χ0) is 19.4. The number of nitrogens with one attached hydrogen (secondary N) is 1. The van der Waals surface area contributed by atoms with Crippen molar-refractivity contribution in [2.45, 2.75) is 37.8 Å². The van der Waals surface area contributed by atoms with Gasteiger partial charge in [-0.25, -0.2) is 14.2 Å². The number of aromatic nitrogens is 2. The molecule has 3 fully saturated rings. The molecule has 5 rings (SSSR count). The Hall–Kier alpha value is -2.68. The second-order valence-corrected chi connectivity index (χ2v) is 7.86. The van der Waals surface area contributed by atoms with Crippen molar-refractivity contribution in [3.8, 4) is 5.75 Å². The van der Waals surface area contributed by atoms with E-state index in [0.717, 1.165) is 38.8 Å². The monoisotopic (exact) mass is 388 g/mol. The lowest BCUT2D eigenvalue weighted by molar-refractivity contribution is 0.143. The minimum atomic E-state index is -1.57. The highest BCUT2D eigenvalue weighted by Crippen LogP contribution is 2.38. The van der Waals surface area contributed by atoms with Gasteiger partial charge in [0.1, 0.15) is 5.65 Å². The predicted octanol–water partition coefficient (Wildman–Crippen LogP) is 2.12. The number of halogens is 1. The number of anilines is 1. The highest BCUT2D eigenvalue weighted by molar-refractivity contribution is 5.80. The molecule has 9 heteroatoms. The summed E-state index contributed by atoms with van der Waals surface area (Å²) in [6, 6.07) is 1.62. The molecular weight excluding hydrogens is 367 g/mol. The maximum Gasteiger partial charge on any atom is 0.511 e. The van der Waals surface area contributed by atoms with Gasteiger partial charge in [-0.1, -0.05) is 0 Å². The highest BCUT2D eigenvalue weighted by Gasteiger charge is 2.36.